The maximum Gasteiger partial charge on any atom is 0.310 e. The van der Waals surface area contributed by atoms with Crippen molar-refractivity contribution < 1.29 is 47.7 Å². The lowest BCUT2D eigenvalue weighted by Crippen LogP contribution is -2.47. The Balaban J connectivity index is 0.980. The zero-order valence-electron chi connectivity index (χ0n) is 54.5. The molecule has 0 saturated carbocycles. The van der Waals surface area contributed by atoms with Gasteiger partial charge in [-0.3, -0.25) is 24.0 Å². The highest BCUT2D eigenvalue weighted by Crippen LogP contribution is 2.62. The fourth-order valence-electron chi connectivity index (χ4n) is 17.7. The van der Waals surface area contributed by atoms with Gasteiger partial charge in [0.1, 0.15) is 13.2 Å². The Morgan fingerprint density at radius 2 is 0.908 bits per heavy atom. The molecule has 0 spiro atoms. The van der Waals surface area contributed by atoms with E-state index in [-0.39, 0.29) is 54.7 Å². The van der Waals surface area contributed by atoms with Crippen molar-refractivity contribution in [3.8, 4) is 35.6 Å². The van der Waals surface area contributed by atoms with Crippen molar-refractivity contribution in [3.63, 3.8) is 0 Å². The molecule has 9 atom stereocenters. The monoisotopic (exact) mass is 1290 g/mol. The van der Waals surface area contributed by atoms with Crippen molar-refractivity contribution >= 4 is 63.2 Å². The molecule has 0 amide bonds. The molecule has 9 unspecified atom stereocenters. The van der Waals surface area contributed by atoms with E-state index in [4.69, 9.17) is 48.8 Å². The lowest BCUT2D eigenvalue weighted by atomic mass is 9.54. The molecule has 6 bridgehead atoms. The molecule has 17 heteroatoms. The molecule has 0 radical (unpaired) electrons. The Labute approximate surface area is 562 Å². The average molecular weight is 1290 g/mol. The van der Waals surface area contributed by atoms with Crippen LogP contribution in [0.2, 0.25) is 0 Å². The third kappa shape index (κ3) is 8.94. The molecule has 0 aliphatic heterocycles. The Morgan fingerprint density at radius 1 is 0.459 bits per heavy atom. The molecule has 3 heterocycles. The van der Waals surface area contributed by atoms with Crippen LogP contribution in [0.1, 0.15) is 154 Å². The predicted octanol–water partition coefficient (Wildman–Crippen LogP) is 11.9. The van der Waals surface area contributed by atoms with Gasteiger partial charge >= 0.3 is 17.9 Å². The van der Waals surface area contributed by atoms with Crippen molar-refractivity contribution in [1.82, 2.24) is 34.5 Å². The molecule has 11 aromatic rings. The molecule has 8 aromatic carbocycles. The maximum absolute atomic E-state index is 14.6. The summed E-state index contributed by atoms with van der Waals surface area (Å²) in [6.45, 7) is 8.44. The van der Waals surface area contributed by atoms with Gasteiger partial charge < -0.3 is 23.7 Å². The first-order valence-electron chi connectivity index (χ1n) is 32.7. The third-order valence-corrected chi connectivity index (χ3v) is 21.4. The van der Waals surface area contributed by atoms with Crippen molar-refractivity contribution in [1.29, 1.82) is 0 Å². The normalized spacial score (nSPS) is 20.5. The van der Waals surface area contributed by atoms with Crippen molar-refractivity contribution in [2.45, 2.75) is 69.6 Å². The fraction of sp³-hybridized carbons (Fsp3) is 0.235. The second-order valence-electron chi connectivity index (χ2n) is 26.3. The molecule has 0 fully saturated rings. The van der Waals surface area contributed by atoms with Gasteiger partial charge in [-0.15, -0.1) is 0 Å². The number of fused-ring (bicyclic) bond motifs is 5. The van der Waals surface area contributed by atoms with Gasteiger partial charge in [-0.1, -0.05) is 109 Å². The summed E-state index contributed by atoms with van der Waals surface area (Å²) >= 11 is 0. The first-order valence-corrected chi connectivity index (χ1v) is 32.7. The zero-order chi connectivity index (χ0) is 67.1. The van der Waals surface area contributed by atoms with Crippen molar-refractivity contribution in [2.75, 3.05) is 34.5 Å². The number of ether oxygens (including phenoxy) is 5. The fourth-order valence-corrected chi connectivity index (χ4v) is 17.7. The Hall–Kier alpha value is -11.8. The summed E-state index contributed by atoms with van der Waals surface area (Å²) in [7, 11) is 4.17. The van der Waals surface area contributed by atoms with Gasteiger partial charge in [-0.25, -0.2) is 9.36 Å². The van der Waals surface area contributed by atoms with Crippen LogP contribution in [-0.2, 0) is 47.7 Å². The predicted molar refractivity (Wildman–Crippen MR) is 363 cm³/mol. The summed E-state index contributed by atoms with van der Waals surface area (Å²) in [5, 5.41) is 14.4. The number of carbonyl (C=O) groups is 5. The first-order chi connectivity index (χ1) is 47.8. The van der Waals surface area contributed by atoms with E-state index < -0.39 is 47.4 Å². The summed E-state index contributed by atoms with van der Waals surface area (Å²) in [5.41, 5.74) is 18.8. The highest BCUT2D eigenvalue weighted by Gasteiger charge is 2.57. The number of hydrogen-bond acceptors (Lipinski definition) is 15. The molecule has 3 aromatic heterocycles. The van der Waals surface area contributed by atoms with Gasteiger partial charge in [-0.2, -0.15) is 25.1 Å². The van der Waals surface area contributed by atoms with Gasteiger partial charge in [0, 0.05) is 63.6 Å². The number of methoxy groups -OCH3 is 3. The van der Waals surface area contributed by atoms with Crippen LogP contribution in [-0.4, -0.2) is 99.9 Å². The summed E-state index contributed by atoms with van der Waals surface area (Å²) in [6, 6.07) is 47.8. The lowest BCUT2D eigenvalue weighted by molar-refractivity contribution is -0.160. The van der Waals surface area contributed by atoms with E-state index in [1.165, 1.54) is 26.9 Å². The topological polar surface area (TPSA) is 206 Å². The number of benzene rings is 8. The highest BCUT2D eigenvalue weighted by molar-refractivity contribution is 6.12. The summed E-state index contributed by atoms with van der Waals surface area (Å²) in [4.78, 5) is 82.1. The van der Waals surface area contributed by atoms with E-state index in [0.29, 0.717) is 35.9 Å². The first kappa shape index (κ1) is 59.9. The quantitative estimate of drug-likeness (QED) is 0.0295. The minimum Gasteiger partial charge on any atom is -0.469 e. The van der Waals surface area contributed by atoms with Gasteiger partial charge in [0.15, 0.2) is 0 Å². The van der Waals surface area contributed by atoms with E-state index in [0.717, 1.165) is 128 Å². The van der Waals surface area contributed by atoms with Gasteiger partial charge in [0.05, 0.1) is 50.5 Å². The highest BCUT2D eigenvalue weighted by atomic mass is 16.5. The average Bonchev–Trinajstić information content (AvgIpc) is 0.745. The van der Waals surface area contributed by atoms with Gasteiger partial charge in [-0.05, 0) is 199 Å². The summed E-state index contributed by atoms with van der Waals surface area (Å²) in [5.74, 6) is 9.38. The number of hydrogen-bond donors (Lipinski definition) is 0. The number of carbonyl (C=O) groups excluding carboxylic acids is 5. The van der Waals surface area contributed by atoms with Crippen molar-refractivity contribution in [3.05, 3.63) is 263 Å². The van der Waals surface area contributed by atoms with Crippen LogP contribution in [0, 0.1) is 69.1 Å². The molecule has 9 aliphatic rings. The standard InChI is InChI=1S/C81H61N7O10/c1-40-27-42(3)87(85-40)80-82-69(83-81(84-80)88-43(4)28-41(2)86-88)26-25-48-56-32-63-62(71-50-19-10-11-20-51(50)72(63)68(37-98-39-90)67(71)36-97-38-89)31-55(56)47(57-33-64-65(34-58(48)57)74-53-22-13-12-21-52(53)73(64)75(78(92)95-6)76(74)79(93)96-7)24-23-44-15-14-16-45-29-61-60(30-54(44)45)59-35-66(77(91)94-5)70(61)49-18-9-8-17-46(49)59/h8-22,27-34,38-39,59,66,70-76H,35-37H2,1-7H3. The lowest BCUT2D eigenvalue weighted by Gasteiger charge is -2.48. The van der Waals surface area contributed by atoms with E-state index in [1.54, 1.807) is 9.36 Å². The number of aryl methyl sites for hydroxylation is 4. The van der Waals surface area contributed by atoms with E-state index in [1.807, 2.05) is 94.4 Å². The van der Waals surface area contributed by atoms with Gasteiger partial charge in [0.25, 0.3) is 24.8 Å². The Morgan fingerprint density at radius 3 is 1.39 bits per heavy atom. The smallest absolute Gasteiger partial charge is 0.310 e. The van der Waals surface area contributed by atoms with Crippen LogP contribution in [0.5, 0.6) is 0 Å². The minimum absolute atomic E-state index is 0.0499. The van der Waals surface area contributed by atoms with Crippen LogP contribution in [0.4, 0.5) is 0 Å². The Bertz CT molecular complexity index is 5500. The molecular weight excluding hydrogens is 1230 g/mol. The number of nitrogens with zero attached hydrogens (tertiary/aromatic N) is 7. The van der Waals surface area contributed by atoms with Crippen LogP contribution in [0.3, 0.4) is 0 Å². The summed E-state index contributed by atoms with van der Waals surface area (Å²) in [6.07, 6.45) is 0.616. The third-order valence-electron chi connectivity index (χ3n) is 21.4. The molecule has 0 saturated heterocycles. The molecule has 0 N–H and O–H groups in total. The van der Waals surface area contributed by atoms with E-state index >= 15 is 0 Å². The molecule has 17 nitrogen and oxygen atoms in total. The van der Waals surface area contributed by atoms with Crippen LogP contribution >= 0.6 is 0 Å². The van der Waals surface area contributed by atoms with Crippen LogP contribution in [0.25, 0.3) is 44.2 Å². The molecule has 98 heavy (non-hydrogen) atoms. The van der Waals surface area contributed by atoms with E-state index in [9.17, 15) is 24.0 Å². The van der Waals surface area contributed by atoms with Crippen molar-refractivity contribution in [2.24, 2.45) is 17.8 Å². The molecule has 480 valence electrons. The number of esters is 3. The zero-order valence-corrected chi connectivity index (χ0v) is 54.5. The summed E-state index contributed by atoms with van der Waals surface area (Å²) < 4.78 is 31.3. The second-order valence-corrected chi connectivity index (χ2v) is 26.3. The largest absolute Gasteiger partial charge is 0.469 e. The molecule has 9 aliphatic carbocycles. The molecular formula is C81H61N7O10. The number of aromatic nitrogens is 7. The maximum atomic E-state index is 14.6. The SMILES string of the molecule is COC(=O)C1CC2c3ccccc3C1c1cc3cccc(C#Cc4c5cc6c(cc5c(C#Cc5nc(-n7nc(C)cc7C)nc(-n7nc(C)cc7C)n5)c5cc7c(cc45)C4c5ccccc5C7C(C(=O)OC)C4C(=O)OC)C4C(COC=O)=C(COC=O)C6c5ccccc54)c3cc12. The Kier molecular flexibility index (Phi) is 14.0. The van der Waals surface area contributed by atoms with Gasteiger partial charge in [0.2, 0.25) is 5.82 Å². The van der Waals surface area contributed by atoms with Crippen LogP contribution < -0.4 is 0 Å². The number of rotatable bonds is 11. The molecule has 20 rings (SSSR count). The van der Waals surface area contributed by atoms with E-state index in [2.05, 4.69) is 96.5 Å². The second kappa shape index (κ2) is 22.9. The van der Waals surface area contributed by atoms with Crippen LogP contribution in [0.15, 0.2) is 151 Å². The minimum atomic E-state index is -0.955.